The van der Waals surface area contributed by atoms with Gasteiger partial charge in [0.05, 0.1) is 5.75 Å². The van der Waals surface area contributed by atoms with Crippen LogP contribution in [0.5, 0.6) is 0 Å². The Bertz CT molecular complexity index is 677. The molecule has 1 N–H and O–H groups in total. The molecule has 2 aromatic rings. The van der Waals surface area contributed by atoms with Crippen molar-refractivity contribution in [1.29, 1.82) is 0 Å². The highest BCUT2D eigenvalue weighted by Gasteiger charge is 2.25. The number of hydrogen-bond acceptors (Lipinski definition) is 3. The molecule has 0 aromatic heterocycles. The predicted molar refractivity (Wildman–Crippen MR) is 102 cm³/mol. The van der Waals surface area contributed by atoms with Gasteiger partial charge in [0.15, 0.2) is 0 Å². The lowest BCUT2D eigenvalue weighted by Gasteiger charge is -2.28. The summed E-state index contributed by atoms with van der Waals surface area (Å²) in [6, 6.07) is 19.0. The van der Waals surface area contributed by atoms with Crippen molar-refractivity contribution in [3.63, 3.8) is 0 Å². The molecule has 0 heterocycles. The minimum atomic E-state index is -0.510. The quantitative estimate of drug-likeness (QED) is 0.738. The maximum Gasteiger partial charge on any atom is 0.242 e. The SMILES string of the molecule is CCNC(=O)[C@H](C)N(Cc1ccccc1)C(=O)CSc1ccccc1. The third kappa shape index (κ3) is 5.94. The van der Waals surface area contributed by atoms with Crippen LogP contribution < -0.4 is 5.32 Å². The van der Waals surface area contributed by atoms with E-state index in [2.05, 4.69) is 5.32 Å². The zero-order valence-corrected chi connectivity index (χ0v) is 15.5. The van der Waals surface area contributed by atoms with Gasteiger partial charge < -0.3 is 10.2 Å². The Morgan fingerprint density at radius 1 is 1.04 bits per heavy atom. The highest BCUT2D eigenvalue weighted by Crippen LogP contribution is 2.19. The maximum absolute atomic E-state index is 12.8. The van der Waals surface area contributed by atoms with Crippen molar-refractivity contribution in [1.82, 2.24) is 10.2 Å². The van der Waals surface area contributed by atoms with Crippen LogP contribution in [0.1, 0.15) is 19.4 Å². The molecule has 0 aliphatic carbocycles. The Morgan fingerprint density at radius 2 is 1.64 bits per heavy atom. The van der Waals surface area contributed by atoms with E-state index in [-0.39, 0.29) is 11.8 Å². The smallest absolute Gasteiger partial charge is 0.242 e. The largest absolute Gasteiger partial charge is 0.355 e. The van der Waals surface area contributed by atoms with Gasteiger partial charge >= 0.3 is 0 Å². The molecule has 0 spiro atoms. The monoisotopic (exact) mass is 356 g/mol. The van der Waals surface area contributed by atoms with Crippen LogP contribution in [-0.4, -0.2) is 35.1 Å². The van der Waals surface area contributed by atoms with E-state index >= 15 is 0 Å². The highest BCUT2D eigenvalue weighted by molar-refractivity contribution is 8.00. The molecule has 1 atom stereocenters. The number of likely N-dealkylation sites (N-methyl/N-ethyl adjacent to an activating group) is 1. The van der Waals surface area contributed by atoms with Gasteiger partial charge in [-0.3, -0.25) is 9.59 Å². The average molecular weight is 356 g/mol. The van der Waals surface area contributed by atoms with Crippen LogP contribution in [0.15, 0.2) is 65.6 Å². The fourth-order valence-electron chi connectivity index (χ4n) is 2.43. The Balaban J connectivity index is 2.09. The number of thioether (sulfide) groups is 1. The molecule has 0 saturated carbocycles. The van der Waals surface area contributed by atoms with Crippen molar-refractivity contribution in [3.8, 4) is 0 Å². The number of nitrogens with zero attached hydrogens (tertiary/aromatic N) is 1. The van der Waals surface area contributed by atoms with E-state index in [0.29, 0.717) is 18.8 Å². The second kappa shape index (κ2) is 9.89. The summed E-state index contributed by atoms with van der Waals surface area (Å²) in [7, 11) is 0. The minimum absolute atomic E-state index is 0.0449. The van der Waals surface area contributed by atoms with Crippen LogP contribution in [0.4, 0.5) is 0 Å². The van der Waals surface area contributed by atoms with E-state index in [9.17, 15) is 9.59 Å². The topological polar surface area (TPSA) is 49.4 Å². The molecule has 132 valence electrons. The van der Waals surface area contributed by atoms with Gasteiger partial charge in [-0.05, 0) is 31.5 Å². The molecule has 4 nitrogen and oxygen atoms in total. The van der Waals surface area contributed by atoms with Crippen molar-refractivity contribution < 1.29 is 9.59 Å². The molecule has 25 heavy (non-hydrogen) atoms. The number of nitrogens with one attached hydrogen (secondary N) is 1. The molecule has 0 fully saturated rings. The molecule has 2 aromatic carbocycles. The van der Waals surface area contributed by atoms with Gasteiger partial charge in [-0.2, -0.15) is 0 Å². The zero-order valence-electron chi connectivity index (χ0n) is 14.6. The molecule has 0 unspecified atom stereocenters. The molecule has 2 amide bonds. The van der Waals surface area contributed by atoms with Crippen molar-refractivity contribution >= 4 is 23.6 Å². The summed E-state index contributed by atoms with van der Waals surface area (Å²) in [5, 5.41) is 2.80. The Morgan fingerprint density at radius 3 is 2.24 bits per heavy atom. The second-order valence-electron chi connectivity index (χ2n) is 5.68. The first-order valence-corrected chi connectivity index (χ1v) is 9.39. The summed E-state index contributed by atoms with van der Waals surface area (Å²) >= 11 is 1.49. The number of carbonyl (C=O) groups is 2. The van der Waals surface area contributed by atoms with Crippen LogP contribution in [0.25, 0.3) is 0 Å². The summed E-state index contributed by atoms with van der Waals surface area (Å²) in [5.41, 5.74) is 1.01. The molecular formula is C20H24N2O2S. The highest BCUT2D eigenvalue weighted by atomic mass is 32.2. The van der Waals surface area contributed by atoms with Crippen molar-refractivity contribution in [2.45, 2.75) is 31.3 Å². The third-order valence-electron chi connectivity index (χ3n) is 3.82. The number of carbonyl (C=O) groups excluding carboxylic acids is 2. The van der Waals surface area contributed by atoms with Crippen molar-refractivity contribution in [2.75, 3.05) is 12.3 Å². The Labute approximate surface area is 153 Å². The van der Waals surface area contributed by atoms with Gasteiger partial charge in [-0.25, -0.2) is 0 Å². The van der Waals surface area contributed by atoms with E-state index in [1.54, 1.807) is 11.8 Å². The van der Waals surface area contributed by atoms with Crippen LogP contribution in [0.2, 0.25) is 0 Å². The Kier molecular flexibility index (Phi) is 7.54. The van der Waals surface area contributed by atoms with Gasteiger partial charge in [0.1, 0.15) is 6.04 Å². The molecule has 0 bridgehead atoms. The van der Waals surface area contributed by atoms with E-state index in [4.69, 9.17) is 0 Å². The third-order valence-corrected chi connectivity index (χ3v) is 4.82. The zero-order chi connectivity index (χ0) is 18.1. The fourth-order valence-corrected chi connectivity index (χ4v) is 3.23. The molecule has 0 radical (unpaired) electrons. The van der Waals surface area contributed by atoms with Crippen molar-refractivity contribution in [2.24, 2.45) is 0 Å². The van der Waals surface area contributed by atoms with E-state index in [1.165, 1.54) is 11.8 Å². The first-order chi connectivity index (χ1) is 12.1. The van der Waals surface area contributed by atoms with E-state index in [1.807, 2.05) is 67.6 Å². The molecular weight excluding hydrogens is 332 g/mol. The standard InChI is InChI=1S/C20H24N2O2S/c1-3-21-20(24)16(2)22(14-17-10-6-4-7-11-17)19(23)15-25-18-12-8-5-9-13-18/h4-13,16H,3,14-15H2,1-2H3,(H,21,24)/t16-/m0/s1. The minimum Gasteiger partial charge on any atom is -0.355 e. The van der Waals surface area contributed by atoms with Gasteiger partial charge in [-0.1, -0.05) is 48.5 Å². The molecule has 0 aliphatic rings. The van der Waals surface area contributed by atoms with Crippen LogP contribution in [0, 0.1) is 0 Å². The number of amides is 2. The number of rotatable bonds is 8. The normalized spacial score (nSPS) is 11.6. The van der Waals surface area contributed by atoms with Gasteiger partial charge in [-0.15, -0.1) is 11.8 Å². The van der Waals surface area contributed by atoms with Gasteiger partial charge in [0.2, 0.25) is 11.8 Å². The summed E-state index contributed by atoms with van der Waals surface area (Å²) in [6.45, 7) is 4.63. The Hall–Kier alpha value is -2.27. The van der Waals surface area contributed by atoms with Crippen LogP contribution in [-0.2, 0) is 16.1 Å². The van der Waals surface area contributed by atoms with E-state index in [0.717, 1.165) is 10.5 Å². The lowest BCUT2D eigenvalue weighted by molar-refractivity contribution is -0.138. The lowest BCUT2D eigenvalue weighted by atomic mass is 10.1. The fraction of sp³-hybridized carbons (Fsp3) is 0.300. The summed E-state index contributed by atoms with van der Waals surface area (Å²) in [6.07, 6.45) is 0. The van der Waals surface area contributed by atoms with E-state index < -0.39 is 6.04 Å². The maximum atomic E-state index is 12.8. The first-order valence-electron chi connectivity index (χ1n) is 8.40. The summed E-state index contributed by atoms with van der Waals surface area (Å²) in [5.74, 6) is 0.133. The molecule has 0 saturated heterocycles. The first kappa shape index (κ1) is 19.1. The van der Waals surface area contributed by atoms with Crippen LogP contribution >= 0.6 is 11.8 Å². The number of hydrogen-bond donors (Lipinski definition) is 1. The second-order valence-corrected chi connectivity index (χ2v) is 6.73. The average Bonchev–Trinajstić information content (AvgIpc) is 2.65. The van der Waals surface area contributed by atoms with Gasteiger partial charge in [0, 0.05) is 18.0 Å². The van der Waals surface area contributed by atoms with Gasteiger partial charge in [0.25, 0.3) is 0 Å². The summed E-state index contributed by atoms with van der Waals surface area (Å²) < 4.78 is 0. The predicted octanol–water partition coefficient (Wildman–Crippen LogP) is 3.33. The lowest BCUT2D eigenvalue weighted by Crippen LogP contribution is -2.48. The van der Waals surface area contributed by atoms with Crippen LogP contribution in [0.3, 0.4) is 0 Å². The number of benzene rings is 2. The molecule has 5 heteroatoms. The molecule has 2 rings (SSSR count). The van der Waals surface area contributed by atoms with Crippen molar-refractivity contribution in [3.05, 3.63) is 66.2 Å². The molecule has 0 aliphatic heterocycles. The summed E-state index contributed by atoms with van der Waals surface area (Å²) in [4.78, 5) is 27.7.